The first kappa shape index (κ1) is 11.8. The predicted octanol–water partition coefficient (Wildman–Crippen LogP) is 1.70. The summed E-state index contributed by atoms with van der Waals surface area (Å²) >= 11 is 0. The molecule has 2 rings (SSSR count). The van der Waals surface area contributed by atoms with Gasteiger partial charge in [0.25, 0.3) is 5.91 Å². The predicted molar refractivity (Wildman–Crippen MR) is 70.0 cm³/mol. The fraction of sp³-hybridized carbons (Fsp3) is 0.462. The van der Waals surface area contributed by atoms with Crippen molar-refractivity contribution in [2.45, 2.75) is 13.3 Å². The van der Waals surface area contributed by atoms with E-state index in [1.165, 1.54) is 6.42 Å². The molecule has 4 heteroatoms. The third-order valence-electron chi connectivity index (χ3n) is 3.37. The van der Waals surface area contributed by atoms with E-state index in [1.807, 2.05) is 0 Å². The average Bonchev–Trinajstić information content (AvgIpc) is 3.03. The lowest BCUT2D eigenvalue weighted by Gasteiger charge is -2.10. The fourth-order valence-corrected chi connectivity index (χ4v) is 1.92. The van der Waals surface area contributed by atoms with E-state index in [4.69, 9.17) is 5.73 Å². The van der Waals surface area contributed by atoms with Crippen molar-refractivity contribution in [2.24, 2.45) is 11.8 Å². The van der Waals surface area contributed by atoms with Crippen molar-refractivity contribution in [3.63, 3.8) is 0 Å². The van der Waals surface area contributed by atoms with Gasteiger partial charge in [0.15, 0.2) is 0 Å². The SMILES string of the molecule is CNC(=O)c1ccc(N)c(NCC2CC2C)c1. The van der Waals surface area contributed by atoms with Crippen LogP contribution in [0.1, 0.15) is 23.7 Å². The summed E-state index contributed by atoms with van der Waals surface area (Å²) in [5.74, 6) is 1.47. The van der Waals surface area contributed by atoms with E-state index in [2.05, 4.69) is 17.6 Å². The molecule has 92 valence electrons. The second kappa shape index (κ2) is 4.65. The first-order valence-corrected chi connectivity index (χ1v) is 5.97. The lowest BCUT2D eigenvalue weighted by Crippen LogP contribution is -2.18. The molecule has 1 aromatic rings. The highest BCUT2D eigenvalue weighted by atomic mass is 16.1. The Kier molecular flexibility index (Phi) is 3.22. The molecular weight excluding hydrogens is 214 g/mol. The summed E-state index contributed by atoms with van der Waals surface area (Å²) in [6.07, 6.45) is 1.28. The largest absolute Gasteiger partial charge is 0.397 e. The molecule has 0 aliphatic heterocycles. The molecule has 1 aliphatic carbocycles. The number of nitrogen functional groups attached to an aromatic ring is 1. The van der Waals surface area contributed by atoms with E-state index in [-0.39, 0.29) is 5.91 Å². The molecule has 0 radical (unpaired) electrons. The van der Waals surface area contributed by atoms with Crippen LogP contribution in [0.5, 0.6) is 0 Å². The highest BCUT2D eigenvalue weighted by Gasteiger charge is 2.31. The van der Waals surface area contributed by atoms with Gasteiger partial charge in [-0.2, -0.15) is 0 Å². The smallest absolute Gasteiger partial charge is 0.251 e. The lowest BCUT2D eigenvalue weighted by molar-refractivity contribution is 0.0963. The van der Waals surface area contributed by atoms with Crippen molar-refractivity contribution in [1.29, 1.82) is 0 Å². The van der Waals surface area contributed by atoms with Gasteiger partial charge in [0.1, 0.15) is 0 Å². The third kappa shape index (κ3) is 2.70. The molecule has 0 heterocycles. The van der Waals surface area contributed by atoms with E-state index in [0.717, 1.165) is 24.1 Å². The van der Waals surface area contributed by atoms with Crippen LogP contribution < -0.4 is 16.4 Å². The van der Waals surface area contributed by atoms with Crippen LogP contribution in [0.3, 0.4) is 0 Å². The van der Waals surface area contributed by atoms with E-state index in [1.54, 1.807) is 25.2 Å². The van der Waals surface area contributed by atoms with Gasteiger partial charge in [-0.25, -0.2) is 0 Å². The minimum absolute atomic E-state index is 0.0900. The molecule has 0 spiro atoms. The van der Waals surface area contributed by atoms with E-state index in [0.29, 0.717) is 11.3 Å². The molecule has 2 unspecified atom stereocenters. The second-order valence-corrected chi connectivity index (χ2v) is 4.74. The van der Waals surface area contributed by atoms with Crippen LogP contribution in [-0.2, 0) is 0 Å². The molecule has 1 saturated carbocycles. The van der Waals surface area contributed by atoms with Gasteiger partial charge in [-0.3, -0.25) is 4.79 Å². The number of rotatable bonds is 4. The maximum absolute atomic E-state index is 11.5. The average molecular weight is 233 g/mol. The Balaban J connectivity index is 2.06. The zero-order chi connectivity index (χ0) is 12.4. The molecule has 4 nitrogen and oxygen atoms in total. The Labute approximate surface area is 102 Å². The molecule has 1 aliphatic rings. The molecule has 2 atom stereocenters. The molecule has 0 bridgehead atoms. The normalized spacial score (nSPS) is 22.0. The van der Waals surface area contributed by atoms with Gasteiger partial charge < -0.3 is 16.4 Å². The number of nitrogens with two attached hydrogens (primary N) is 1. The fourth-order valence-electron chi connectivity index (χ4n) is 1.92. The van der Waals surface area contributed by atoms with Crippen LogP contribution in [0.25, 0.3) is 0 Å². The molecule has 0 saturated heterocycles. The maximum Gasteiger partial charge on any atom is 0.251 e. The number of benzene rings is 1. The number of amides is 1. The number of carbonyl (C=O) groups is 1. The van der Waals surface area contributed by atoms with E-state index >= 15 is 0 Å². The number of anilines is 2. The van der Waals surface area contributed by atoms with Crippen molar-refractivity contribution in [2.75, 3.05) is 24.6 Å². The highest BCUT2D eigenvalue weighted by molar-refractivity contribution is 5.96. The molecule has 1 fully saturated rings. The number of hydrogen-bond donors (Lipinski definition) is 3. The maximum atomic E-state index is 11.5. The van der Waals surface area contributed by atoms with Crippen molar-refractivity contribution >= 4 is 17.3 Å². The third-order valence-corrected chi connectivity index (χ3v) is 3.37. The first-order chi connectivity index (χ1) is 8.11. The lowest BCUT2D eigenvalue weighted by atomic mass is 10.1. The summed E-state index contributed by atoms with van der Waals surface area (Å²) in [6, 6.07) is 5.31. The van der Waals surface area contributed by atoms with Gasteiger partial charge >= 0.3 is 0 Å². The van der Waals surface area contributed by atoms with Gasteiger partial charge in [-0.05, 0) is 36.5 Å². The highest BCUT2D eigenvalue weighted by Crippen LogP contribution is 2.37. The summed E-state index contributed by atoms with van der Waals surface area (Å²) in [6.45, 7) is 3.18. The van der Waals surface area contributed by atoms with Crippen molar-refractivity contribution in [1.82, 2.24) is 5.32 Å². The van der Waals surface area contributed by atoms with Crippen LogP contribution in [-0.4, -0.2) is 19.5 Å². The number of hydrogen-bond acceptors (Lipinski definition) is 3. The van der Waals surface area contributed by atoms with Crippen molar-refractivity contribution in [3.05, 3.63) is 23.8 Å². The molecule has 17 heavy (non-hydrogen) atoms. The standard InChI is InChI=1S/C13H19N3O/c1-8-5-10(8)7-16-12-6-9(13(17)15-2)3-4-11(12)14/h3-4,6,8,10,16H,5,7,14H2,1-2H3,(H,15,17). The molecule has 4 N–H and O–H groups in total. The van der Waals surface area contributed by atoms with E-state index in [9.17, 15) is 4.79 Å². The van der Waals surface area contributed by atoms with Gasteiger partial charge in [-0.1, -0.05) is 6.92 Å². The van der Waals surface area contributed by atoms with Crippen LogP contribution in [0, 0.1) is 11.8 Å². The summed E-state index contributed by atoms with van der Waals surface area (Å²) in [5, 5.41) is 5.92. The molecule has 0 aromatic heterocycles. The number of carbonyl (C=O) groups excluding carboxylic acids is 1. The molecule has 1 amide bonds. The minimum Gasteiger partial charge on any atom is -0.397 e. The first-order valence-electron chi connectivity index (χ1n) is 5.97. The zero-order valence-electron chi connectivity index (χ0n) is 10.3. The van der Waals surface area contributed by atoms with E-state index < -0.39 is 0 Å². The molecule has 1 aromatic carbocycles. The summed E-state index contributed by atoms with van der Waals surface area (Å²) in [7, 11) is 1.62. The Bertz CT molecular complexity index is 431. The Morgan fingerprint density at radius 1 is 1.53 bits per heavy atom. The Morgan fingerprint density at radius 2 is 2.24 bits per heavy atom. The quantitative estimate of drug-likeness (QED) is 0.693. The number of nitrogens with one attached hydrogen (secondary N) is 2. The zero-order valence-corrected chi connectivity index (χ0v) is 10.3. The van der Waals surface area contributed by atoms with Crippen molar-refractivity contribution in [3.8, 4) is 0 Å². The van der Waals surface area contributed by atoms with Crippen molar-refractivity contribution < 1.29 is 4.79 Å². The van der Waals surface area contributed by atoms with Gasteiger partial charge in [0.05, 0.1) is 11.4 Å². The molecular formula is C13H19N3O. The van der Waals surface area contributed by atoms with Gasteiger partial charge in [0.2, 0.25) is 0 Å². The Hall–Kier alpha value is -1.71. The van der Waals surface area contributed by atoms with Crippen LogP contribution >= 0.6 is 0 Å². The monoisotopic (exact) mass is 233 g/mol. The van der Waals surface area contributed by atoms with Crippen LogP contribution in [0.15, 0.2) is 18.2 Å². The summed E-state index contributed by atoms with van der Waals surface area (Å²) in [4.78, 5) is 11.5. The topological polar surface area (TPSA) is 67.2 Å². The van der Waals surface area contributed by atoms with Crippen LogP contribution in [0.2, 0.25) is 0 Å². The van der Waals surface area contributed by atoms with Gasteiger partial charge in [-0.15, -0.1) is 0 Å². The van der Waals surface area contributed by atoms with Crippen LogP contribution in [0.4, 0.5) is 11.4 Å². The Morgan fingerprint density at radius 3 is 2.82 bits per heavy atom. The second-order valence-electron chi connectivity index (χ2n) is 4.74. The summed E-state index contributed by atoms with van der Waals surface area (Å²) < 4.78 is 0. The summed E-state index contributed by atoms with van der Waals surface area (Å²) in [5.41, 5.74) is 8.05. The minimum atomic E-state index is -0.0900. The van der Waals surface area contributed by atoms with Gasteiger partial charge in [0, 0.05) is 19.2 Å².